The first kappa shape index (κ1) is 16.4. The van der Waals surface area contributed by atoms with Crippen molar-refractivity contribution in [2.24, 2.45) is 0 Å². The van der Waals surface area contributed by atoms with E-state index in [0.29, 0.717) is 12.0 Å². The summed E-state index contributed by atoms with van der Waals surface area (Å²) in [7, 11) is 1.70. The predicted octanol–water partition coefficient (Wildman–Crippen LogP) is 3.81. The van der Waals surface area contributed by atoms with Crippen molar-refractivity contribution < 1.29 is 9.13 Å². The van der Waals surface area contributed by atoms with Crippen molar-refractivity contribution in [3.05, 3.63) is 34.6 Å². The number of halogens is 2. The number of nitrogens with one attached hydrogen (secondary N) is 1. The molecule has 0 spiro atoms. The van der Waals surface area contributed by atoms with Gasteiger partial charge in [-0.05, 0) is 44.9 Å². The molecule has 0 heterocycles. The van der Waals surface area contributed by atoms with Crippen molar-refractivity contribution in [2.75, 3.05) is 13.7 Å². The fraction of sp³-hybridized carbons (Fsp3) is 0.600. The van der Waals surface area contributed by atoms with Gasteiger partial charge in [-0.25, -0.2) is 4.39 Å². The maximum absolute atomic E-state index is 13.9. The Morgan fingerprint density at radius 3 is 2.68 bits per heavy atom. The van der Waals surface area contributed by atoms with Crippen LogP contribution in [0.5, 0.6) is 0 Å². The Labute approximate surface area is 120 Å². The normalized spacial score (nSPS) is 13.6. The topological polar surface area (TPSA) is 21.3 Å². The molecule has 1 aromatic carbocycles. The molecule has 4 heteroatoms. The van der Waals surface area contributed by atoms with Gasteiger partial charge in [-0.2, -0.15) is 0 Å². The highest BCUT2D eigenvalue weighted by Crippen LogP contribution is 2.22. The van der Waals surface area contributed by atoms with Crippen molar-refractivity contribution in [1.82, 2.24) is 5.32 Å². The zero-order valence-electron chi connectivity index (χ0n) is 12.1. The molecule has 0 saturated heterocycles. The molecule has 1 rings (SSSR count). The van der Waals surface area contributed by atoms with Crippen LogP contribution in [0.2, 0.25) is 5.02 Å². The van der Waals surface area contributed by atoms with E-state index in [1.807, 2.05) is 20.8 Å². The second-order valence-electron chi connectivity index (χ2n) is 5.34. The van der Waals surface area contributed by atoms with Crippen LogP contribution in [0.15, 0.2) is 18.2 Å². The standard InChI is InChI=1S/C15H23ClFNO/c1-5-18-12(10-15(2,3)19-4)9-11-7-6-8-13(16)14(11)17/h6-8,12,18H,5,9-10H2,1-4H3. The summed E-state index contributed by atoms with van der Waals surface area (Å²) in [6.45, 7) is 6.95. The monoisotopic (exact) mass is 287 g/mol. The molecular weight excluding hydrogens is 265 g/mol. The summed E-state index contributed by atoms with van der Waals surface area (Å²) in [5, 5.41) is 3.56. The number of rotatable bonds is 7. The third-order valence-corrected chi connectivity index (χ3v) is 3.57. The van der Waals surface area contributed by atoms with Crippen molar-refractivity contribution >= 4 is 11.6 Å². The van der Waals surface area contributed by atoms with Gasteiger partial charge in [0.05, 0.1) is 10.6 Å². The number of ether oxygens (including phenoxy) is 1. The fourth-order valence-electron chi connectivity index (χ4n) is 2.15. The lowest BCUT2D eigenvalue weighted by molar-refractivity contribution is 0.00720. The third kappa shape index (κ3) is 5.09. The number of benzene rings is 1. The van der Waals surface area contributed by atoms with E-state index in [4.69, 9.17) is 16.3 Å². The predicted molar refractivity (Wildman–Crippen MR) is 78.3 cm³/mol. The van der Waals surface area contributed by atoms with Gasteiger partial charge in [0.15, 0.2) is 0 Å². The molecule has 0 fully saturated rings. The molecule has 0 bridgehead atoms. The maximum Gasteiger partial charge on any atom is 0.145 e. The first-order valence-corrected chi connectivity index (χ1v) is 6.99. The van der Waals surface area contributed by atoms with E-state index in [1.165, 1.54) is 0 Å². The van der Waals surface area contributed by atoms with E-state index in [-0.39, 0.29) is 22.5 Å². The number of likely N-dealkylation sites (N-methyl/N-ethyl adjacent to an activating group) is 1. The Morgan fingerprint density at radius 1 is 1.42 bits per heavy atom. The molecule has 0 radical (unpaired) electrons. The molecule has 0 aromatic heterocycles. The minimum Gasteiger partial charge on any atom is -0.379 e. The summed E-state index contributed by atoms with van der Waals surface area (Å²) in [6, 6.07) is 5.30. The summed E-state index contributed by atoms with van der Waals surface area (Å²) in [5.41, 5.74) is 0.410. The van der Waals surface area contributed by atoms with E-state index < -0.39 is 0 Å². The first-order chi connectivity index (χ1) is 8.89. The molecule has 1 atom stereocenters. The van der Waals surface area contributed by atoms with Gasteiger partial charge in [-0.15, -0.1) is 0 Å². The SMILES string of the molecule is CCNC(Cc1cccc(Cl)c1F)CC(C)(C)OC. The molecule has 0 aliphatic heterocycles. The lowest BCUT2D eigenvalue weighted by Crippen LogP contribution is -2.39. The van der Waals surface area contributed by atoms with E-state index in [0.717, 1.165) is 13.0 Å². The van der Waals surface area contributed by atoms with Gasteiger partial charge in [0.2, 0.25) is 0 Å². The molecule has 0 aliphatic rings. The van der Waals surface area contributed by atoms with Gasteiger partial charge in [0.1, 0.15) is 5.82 Å². The molecule has 108 valence electrons. The van der Waals surface area contributed by atoms with Crippen LogP contribution < -0.4 is 5.32 Å². The van der Waals surface area contributed by atoms with Gasteiger partial charge in [0.25, 0.3) is 0 Å². The Morgan fingerprint density at radius 2 is 2.11 bits per heavy atom. The highest BCUT2D eigenvalue weighted by atomic mass is 35.5. The van der Waals surface area contributed by atoms with Crippen molar-refractivity contribution in [2.45, 2.75) is 45.3 Å². The van der Waals surface area contributed by atoms with Crippen LogP contribution in [0.4, 0.5) is 4.39 Å². The average molecular weight is 288 g/mol. The van der Waals surface area contributed by atoms with Crippen molar-refractivity contribution in [1.29, 1.82) is 0 Å². The third-order valence-electron chi connectivity index (χ3n) is 3.28. The fourth-order valence-corrected chi connectivity index (χ4v) is 2.35. The van der Waals surface area contributed by atoms with Crippen LogP contribution in [0.25, 0.3) is 0 Å². The van der Waals surface area contributed by atoms with Crippen LogP contribution >= 0.6 is 11.6 Å². The quantitative estimate of drug-likeness (QED) is 0.823. The largest absolute Gasteiger partial charge is 0.379 e. The van der Waals surface area contributed by atoms with E-state index >= 15 is 0 Å². The smallest absolute Gasteiger partial charge is 0.145 e. The second kappa shape index (κ2) is 7.22. The highest BCUT2D eigenvalue weighted by molar-refractivity contribution is 6.30. The summed E-state index contributed by atoms with van der Waals surface area (Å²) in [6.07, 6.45) is 1.41. The van der Waals surface area contributed by atoms with Gasteiger partial charge in [-0.1, -0.05) is 30.7 Å². The minimum atomic E-state index is -0.317. The molecular formula is C15H23ClFNO. The van der Waals surface area contributed by atoms with E-state index in [2.05, 4.69) is 5.32 Å². The lowest BCUT2D eigenvalue weighted by atomic mass is 9.93. The molecule has 0 aliphatic carbocycles. The Kier molecular flexibility index (Phi) is 6.24. The lowest BCUT2D eigenvalue weighted by Gasteiger charge is -2.29. The molecule has 2 nitrogen and oxygen atoms in total. The highest BCUT2D eigenvalue weighted by Gasteiger charge is 2.23. The van der Waals surface area contributed by atoms with Gasteiger partial charge in [0, 0.05) is 13.2 Å². The number of hydrogen-bond donors (Lipinski definition) is 1. The molecule has 19 heavy (non-hydrogen) atoms. The minimum absolute atomic E-state index is 0.160. The first-order valence-electron chi connectivity index (χ1n) is 6.61. The zero-order chi connectivity index (χ0) is 14.5. The summed E-state index contributed by atoms with van der Waals surface area (Å²) in [5.74, 6) is -0.317. The molecule has 0 saturated carbocycles. The average Bonchev–Trinajstić information content (AvgIpc) is 2.35. The van der Waals surface area contributed by atoms with E-state index in [1.54, 1.807) is 25.3 Å². The van der Waals surface area contributed by atoms with Crippen LogP contribution in [-0.2, 0) is 11.2 Å². The van der Waals surface area contributed by atoms with E-state index in [9.17, 15) is 4.39 Å². The van der Waals surface area contributed by atoms with Gasteiger partial charge >= 0.3 is 0 Å². The van der Waals surface area contributed by atoms with Crippen molar-refractivity contribution in [3.8, 4) is 0 Å². The maximum atomic E-state index is 13.9. The van der Waals surface area contributed by atoms with Crippen LogP contribution in [0.1, 0.15) is 32.8 Å². The van der Waals surface area contributed by atoms with Crippen LogP contribution in [0.3, 0.4) is 0 Å². The molecule has 1 unspecified atom stereocenters. The van der Waals surface area contributed by atoms with Crippen molar-refractivity contribution in [3.63, 3.8) is 0 Å². The number of hydrogen-bond acceptors (Lipinski definition) is 2. The summed E-state index contributed by atoms with van der Waals surface area (Å²) >= 11 is 5.81. The van der Waals surface area contributed by atoms with Gasteiger partial charge in [-0.3, -0.25) is 0 Å². The number of methoxy groups -OCH3 is 1. The van der Waals surface area contributed by atoms with Gasteiger partial charge < -0.3 is 10.1 Å². The Hall–Kier alpha value is -0.640. The molecule has 0 amide bonds. The summed E-state index contributed by atoms with van der Waals surface area (Å²) in [4.78, 5) is 0. The molecule has 1 aromatic rings. The Bertz CT molecular complexity index is 409. The Balaban J connectivity index is 2.81. The van der Waals surface area contributed by atoms with Crippen LogP contribution in [-0.4, -0.2) is 25.3 Å². The zero-order valence-corrected chi connectivity index (χ0v) is 12.9. The molecule has 1 N–H and O–H groups in total. The summed E-state index contributed by atoms with van der Waals surface area (Å²) < 4.78 is 19.4. The van der Waals surface area contributed by atoms with Crippen LogP contribution in [0, 0.1) is 5.82 Å². The second-order valence-corrected chi connectivity index (χ2v) is 5.75.